The van der Waals surface area contributed by atoms with Gasteiger partial charge in [-0.25, -0.2) is 0 Å². The predicted octanol–water partition coefficient (Wildman–Crippen LogP) is 1.43. The molecule has 1 aromatic rings. The highest BCUT2D eigenvalue weighted by Gasteiger charge is 2.18. The summed E-state index contributed by atoms with van der Waals surface area (Å²) in [5.41, 5.74) is 0. The van der Waals surface area contributed by atoms with Gasteiger partial charge in [-0.1, -0.05) is 12.1 Å². The van der Waals surface area contributed by atoms with Crippen molar-refractivity contribution in [2.45, 2.75) is 6.29 Å². The van der Waals surface area contributed by atoms with Gasteiger partial charge >= 0.3 is 0 Å². The van der Waals surface area contributed by atoms with Gasteiger partial charge in [0.25, 0.3) is 0 Å². The molecule has 0 saturated carbocycles. The molecular weight excluding hydrogens is 156 g/mol. The van der Waals surface area contributed by atoms with Crippen molar-refractivity contribution >= 4 is 0 Å². The Labute approximate surface area is 70.9 Å². The van der Waals surface area contributed by atoms with Gasteiger partial charge in [0, 0.05) is 7.11 Å². The highest BCUT2D eigenvalue weighted by molar-refractivity contribution is 5.40. The quantitative estimate of drug-likeness (QED) is 0.631. The molecule has 0 spiro atoms. The first-order valence-electron chi connectivity index (χ1n) is 3.81. The topological polar surface area (TPSA) is 27.7 Å². The van der Waals surface area contributed by atoms with Gasteiger partial charge in [0.1, 0.15) is 0 Å². The maximum absolute atomic E-state index is 5.43. The Bertz CT molecular complexity index is 272. The molecule has 0 aromatic heterocycles. The Morgan fingerprint density at radius 1 is 1.33 bits per heavy atom. The van der Waals surface area contributed by atoms with E-state index in [1.807, 2.05) is 24.3 Å². The van der Waals surface area contributed by atoms with Crippen LogP contribution in [0.15, 0.2) is 24.3 Å². The third-order valence-corrected chi connectivity index (χ3v) is 1.75. The molecule has 1 aliphatic heterocycles. The Hall–Kier alpha value is -1.22. The first kappa shape index (κ1) is 7.43. The molecule has 1 atom stereocenters. The fourth-order valence-electron chi connectivity index (χ4n) is 1.12. The maximum atomic E-state index is 5.43. The summed E-state index contributed by atoms with van der Waals surface area (Å²) >= 11 is 0. The van der Waals surface area contributed by atoms with E-state index < -0.39 is 0 Å². The van der Waals surface area contributed by atoms with Crippen molar-refractivity contribution < 1.29 is 14.2 Å². The molecule has 2 rings (SSSR count). The van der Waals surface area contributed by atoms with Gasteiger partial charge in [0.05, 0.1) is 0 Å². The van der Waals surface area contributed by atoms with Crippen LogP contribution in [0.25, 0.3) is 0 Å². The minimum atomic E-state index is -0.278. The molecule has 64 valence electrons. The summed E-state index contributed by atoms with van der Waals surface area (Å²) in [7, 11) is 1.60. The molecule has 0 N–H and O–H groups in total. The van der Waals surface area contributed by atoms with Crippen molar-refractivity contribution in [2.75, 3.05) is 13.7 Å². The average Bonchev–Trinajstić information content (AvgIpc) is 2.17. The molecule has 0 radical (unpaired) electrons. The summed E-state index contributed by atoms with van der Waals surface area (Å²) in [6.07, 6.45) is -0.278. The fourth-order valence-corrected chi connectivity index (χ4v) is 1.12. The summed E-state index contributed by atoms with van der Waals surface area (Å²) in [6.45, 7) is 0.452. The predicted molar refractivity (Wildman–Crippen MR) is 43.4 cm³/mol. The standard InChI is InChI=1S/C9H10O3/c1-10-9-6-11-7-4-2-3-5-8(7)12-9/h2-5,9H,6H2,1H3. The van der Waals surface area contributed by atoms with Gasteiger partial charge in [-0.15, -0.1) is 0 Å². The summed E-state index contributed by atoms with van der Waals surface area (Å²) in [5, 5.41) is 0. The van der Waals surface area contributed by atoms with Crippen LogP contribution >= 0.6 is 0 Å². The zero-order chi connectivity index (χ0) is 8.39. The lowest BCUT2D eigenvalue weighted by atomic mass is 10.3. The average molecular weight is 166 g/mol. The van der Waals surface area contributed by atoms with Crippen LogP contribution in [0.4, 0.5) is 0 Å². The number of ether oxygens (including phenoxy) is 3. The van der Waals surface area contributed by atoms with Crippen LogP contribution < -0.4 is 9.47 Å². The minimum absolute atomic E-state index is 0.278. The van der Waals surface area contributed by atoms with Crippen LogP contribution in [0.2, 0.25) is 0 Å². The van der Waals surface area contributed by atoms with E-state index in [2.05, 4.69) is 0 Å². The number of para-hydroxylation sites is 2. The highest BCUT2D eigenvalue weighted by atomic mass is 16.7. The van der Waals surface area contributed by atoms with Gasteiger partial charge < -0.3 is 14.2 Å². The number of benzene rings is 1. The van der Waals surface area contributed by atoms with Crippen LogP contribution in [-0.2, 0) is 4.74 Å². The van der Waals surface area contributed by atoms with Crippen LogP contribution in [-0.4, -0.2) is 20.0 Å². The molecule has 0 bridgehead atoms. The van der Waals surface area contributed by atoms with Crippen molar-refractivity contribution in [1.29, 1.82) is 0 Å². The number of hydrogen-bond acceptors (Lipinski definition) is 3. The second-order valence-electron chi connectivity index (χ2n) is 2.54. The van der Waals surface area contributed by atoms with E-state index in [0.717, 1.165) is 11.5 Å². The Balaban J connectivity index is 2.23. The summed E-state index contributed by atoms with van der Waals surface area (Å²) in [4.78, 5) is 0. The molecular formula is C9H10O3. The smallest absolute Gasteiger partial charge is 0.234 e. The van der Waals surface area contributed by atoms with E-state index in [4.69, 9.17) is 14.2 Å². The van der Waals surface area contributed by atoms with Crippen molar-refractivity contribution in [1.82, 2.24) is 0 Å². The van der Waals surface area contributed by atoms with E-state index >= 15 is 0 Å². The van der Waals surface area contributed by atoms with E-state index in [1.165, 1.54) is 0 Å². The van der Waals surface area contributed by atoms with Crippen LogP contribution in [0.3, 0.4) is 0 Å². The highest BCUT2D eigenvalue weighted by Crippen LogP contribution is 2.30. The van der Waals surface area contributed by atoms with E-state index in [1.54, 1.807) is 7.11 Å². The summed E-state index contributed by atoms with van der Waals surface area (Å²) < 4.78 is 15.8. The molecule has 1 aliphatic rings. The SMILES string of the molecule is COC1COc2ccccc2O1. The van der Waals surface area contributed by atoms with Crippen molar-refractivity contribution in [3.63, 3.8) is 0 Å². The second kappa shape index (κ2) is 3.03. The fraction of sp³-hybridized carbons (Fsp3) is 0.333. The van der Waals surface area contributed by atoms with Crippen LogP contribution in [0.1, 0.15) is 0 Å². The number of hydrogen-bond donors (Lipinski definition) is 0. The third-order valence-electron chi connectivity index (χ3n) is 1.75. The van der Waals surface area contributed by atoms with E-state index in [-0.39, 0.29) is 6.29 Å². The Morgan fingerprint density at radius 3 is 2.83 bits per heavy atom. The largest absolute Gasteiger partial charge is 0.483 e. The summed E-state index contributed by atoms with van der Waals surface area (Å²) in [5.74, 6) is 1.53. The van der Waals surface area contributed by atoms with Crippen molar-refractivity contribution in [3.8, 4) is 11.5 Å². The van der Waals surface area contributed by atoms with Gasteiger partial charge in [-0.05, 0) is 12.1 Å². The molecule has 1 aromatic carbocycles. The number of fused-ring (bicyclic) bond motifs is 1. The zero-order valence-electron chi connectivity index (χ0n) is 6.82. The molecule has 12 heavy (non-hydrogen) atoms. The minimum Gasteiger partial charge on any atom is -0.483 e. The van der Waals surface area contributed by atoms with Gasteiger partial charge in [0.15, 0.2) is 18.1 Å². The van der Waals surface area contributed by atoms with Crippen LogP contribution in [0.5, 0.6) is 11.5 Å². The monoisotopic (exact) mass is 166 g/mol. The molecule has 3 nitrogen and oxygen atoms in total. The van der Waals surface area contributed by atoms with Crippen molar-refractivity contribution in [3.05, 3.63) is 24.3 Å². The van der Waals surface area contributed by atoms with Gasteiger partial charge in [-0.2, -0.15) is 0 Å². The molecule has 1 unspecified atom stereocenters. The third kappa shape index (κ3) is 1.23. The first-order valence-corrected chi connectivity index (χ1v) is 3.81. The van der Waals surface area contributed by atoms with Gasteiger partial charge in [-0.3, -0.25) is 0 Å². The molecule has 0 saturated heterocycles. The lowest BCUT2D eigenvalue weighted by Gasteiger charge is -2.24. The second-order valence-corrected chi connectivity index (χ2v) is 2.54. The maximum Gasteiger partial charge on any atom is 0.234 e. The van der Waals surface area contributed by atoms with Crippen LogP contribution in [0, 0.1) is 0 Å². The van der Waals surface area contributed by atoms with E-state index in [9.17, 15) is 0 Å². The Morgan fingerprint density at radius 2 is 2.08 bits per heavy atom. The molecule has 1 heterocycles. The first-order chi connectivity index (χ1) is 5.90. The Kier molecular flexibility index (Phi) is 1.87. The normalized spacial score (nSPS) is 20.6. The molecule has 0 fully saturated rings. The molecule has 0 aliphatic carbocycles. The molecule has 3 heteroatoms. The van der Waals surface area contributed by atoms with E-state index in [0.29, 0.717) is 6.61 Å². The zero-order valence-corrected chi connectivity index (χ0v) is 6.82. The van der Waals surface area contributed by atoms with Gasteiger partial charge in [0.2, 0.25) is 6.29 Å². The number of methoxy groups -OCH3 is 1. The van der Waals surface area contributed by atoms with Crippen molar-refractivity contribution in [2.24, 2.45) is 0 Å². The number of rotatable bonds is 1. The molecule has 0 amide bonds. The lowest BCUT2D eigenvalue weighted by molar-refractivity contribution is -0.0942. The summed E-state index contributed by atoms with van der Waals surface area (Å²) in [6, 6.07) is 7.55. The lowest BCUT2D eigenvalue weighted by Crippen LogP contribution is -2.30.